The van der Waals surface area contributed by atoms with Gasteiger partial charge in [-0.1, -0.05) is 85.5 Å². The maximum Gasteiger partial charge on any atom is 0.150 e. The number of hydrogen-bond donors (Lipinski definition) is 0. The Morgan fingerprint density at radius 3 is 1.60 bits per heavy atom. The monoisotopic (exact) mass is 556 g/mol. The van der Waals surface area contributed by atoms with E-state index >= 15 is 0 Å². The van der Waals surface area contributed by atoms with Crippen molar-refractivity contribution in [2.45, 2.75) is 58.6 Å². The Kier molecular flexibility index (Phi) is 13.4. The quantitative estimate of drug-likeness (QED) is 0.162. The number of thioether (sulfide) groups is 8. The van der Waals surface area contributed by atoms with Gasteiger partial charge in [0.2, 0.25) is 0 Å². The summed E-state index contributed by atoms with van der Waals surface area (Å²) >= 11 is 14.5. The fraction of sp³-hybridized carbons (Fsp3) is 0.600. The van der Waals surface area contributed by atoms with E-state index in [2.05, 4.69) is 20.1 Å². The summed E-state index contributed by atoms with van der Waals surface area (Å²) in [4.78, 5) is 23.8. The highest BCUT2D eigenvalue weighted by Gasteiger charge is 2.33. The van der Waals surface area contributed by atoms with Crippen LogP contribution in [-0.4, -0.2) is 34.6 Å². The van der Waals surface area contributed by atoms with Crippen LogP contribution < -0.4 is 0 Å². The van der Waals surface area contributed by atoms with Gasteiger partial charge in [0.1, 0.15) is 5.25 Å². The molecule has 0 fully saturated rings. The van der Waals surface area contributed by atoms with Crippen molar-refractivity contribution < 1.29 is 9.59 Å². The lowest BCUT2D eigenvalue weighted by molar-refractivity contribution is -0.123. The van der Waals surface area contributed by atoms with Crippen LogP contribution in [0.15, 0.2) is 25.4 Å². The molecular weight excluding hydrogens is 529 g/mol. The second-order valence-corrected chi connectivity index (χ2v) is 16.2. The first-order chi connectivity index (χ1) is 14.4. The summed E-state index contributed by atoms with van der Waals surface area (Å²) in [6.07, 6.45) is 7.02. The second-order valence-electron chi connectivity index (χ2n) is 6.46. The van der Waals surface area contributed by atoms with Gasteiger partial charge >= 0.3 is 0 Å². The van der Waals surface area contributed by atoms with E-state index in [9.17, 15) is 9.59 Å². The first-order valence-corrected chi connectivity index (χ1v) is 17.2. The van der Waals surface area contributed by atoms with E-state index < -0.39 is 5.25 Å². The molecule has 0 aromatic rings. The third-order valence-corrected chi connectivity index (χ3v) is 15.8. The van der Waals surface area contributed by atoms with Gasteiger partial charge in [0.05, 0.1) is 25.4 Å². The van der Waals surface area contributed by atoms with Crippen molar-refractivity contribution in [3.05, 3.63) is 25.4 Å². The molecule has 0 radical (unpaired) electrons. The minimum atomic E-state index is -0.595. The third-order valence-electron chi connectivity index (χ3n) is 3.85. The van der Waals surface area contributed by atoms with E-state index in [4.69, 9.17) is 0 Å². The summed E-state index contributed by atoms with van der Waals surface area (Å²) < 4.78 is 7.85. The van der Waals surface area contributed by atoms with Crippen LogP contribution >= 0.6 is 94.1 Å². The molecule has 0 unspecified atom stereocenters. The molecule has 0 spiro atoms. The van der Waals surface area contributed by atoms with Crippen LogP contribution in [0.4, 0.5) is 0 Å². The topological polar surface area (TPSA) is 34.1 Å². The summed E-state index contributed by atoms with van der Waals surface area (Å²) in [6.45, 7) is 7.50. The highest BCUT2D eigenvalue weighted by Crippen LogP contribution is 2.66. The lowest BCUT2D eigenvalue weighted by Gasteiger charge is -2.10. The van der Waals surface area contributed by atoms with Crippen LogP contribution in [0.5, 0.6) is 0 Å². The summed E-state index contributed by atoms with van der Waals surface area (Å²) in [5.41, 5.74) is 0. The van der Waals surface area contributed by atoms with Gasteiger partial charge in [-0.05, 0) is 44.5 Å². The zero-order chi connectivity index (χ0) is 22.1. The average Bonchev–Trinajstić information content (AvgIpc) is 3.30. The molecule has 10 heteroatoms. The molecule has 0 amide bonds. The highest BCUT2D eigenvalue weighted by molar-refractivity contribution is 8.45. The third kappa shape index (κ3) is 8.29. The van der Waals surface area contributed by atoms with Crippen LogP contribution in [0.2, 0.25) is 0 Å². The van der Waals surface area contributed by atoms with Gasteiger partial charge in [-0.25, -0.2) is 0 Å². The minimum absolute atomic E-state index is 0.0670. The Bertz CT molecular complexity index is 703. The summed E-state index contributed by atoms with van der Waals surface area (Å²) in [6, 6.07) is 0. The fourth-order valence-corrected chi connectivity index (χ4v) is 14.1. The van der Waals surface area contributed by atoms with Crippen molar-refractivity contribution in [2.75, 3.05) is 17.8 Å². The van der Waals surface area contributed by atoms with Crippen LogP contribution in [0.3, 0.4) is 0 Å². The summed E-state index contributed by atoms with van der Waals surface area (Å²) in [5.74, 6) is 2.22. The molecule has 30 heavy (non-hydrogen) atoms. The van der Waals surface area contributed by atoms with Gasteiger partial charge in [0, 0.05) is 0 Å². The molecule has 2 aliphatic heterocycles. The number of rotatable bonds is 13. The average molecular weight is 557 g/mol. The highest BCUT2D eigenvalue weighted by atomic mass is 32.3. The van der Waals surface area contributed by atoms with Crippen molar-refractivity contribution >= 4 is 106 Å². The molecule has 0 N–H and O–H groups in total. The van der Waals surface area contributed by atoms with Crippen LogP contribution in [0, 0.1) is 0 Å². The predicted molar refractivity (Wildman–Crippen MR) is 152 cm³/mol. The Balaban J connectivity index is 2.13. The number of ketones is 2. The lowest BCUT2D eigenvalue weighted by Crippen LogP contribution is -2.22. The molecule has 0 saturated carbocycles. The van der Waals surface area contributed by atoms with Gasteiger partial charge in [0.25, 0.3) is 0 Å². The molecule has 0 aromatic carbocycles. The first-order valence-electron chi connectivity index (χ1n) is 9.82. The molecule has 2 nitrogen and oxygen atoms in total. The molecule has 2 rings (SSSR count). The molecule has 2 aliphatic rings. The zero-order valence-corrected chi connectivity index (χ0v) is 24.4. The standard InChI is InChI=1S/C20H28O2S8/c1-6-8-10-24-16-17(25-11-9-7-2)29-20(28-16)19-27-15(23-5)18(30-19)26-14(12(3)21)13(4)22/h14H,6-11H2,1-5H3. The van der Waals surface area contributed by atoms with E-state index in [0.29, 0.717) is 0 Å². The second kappa shape index (κ2) is 14.6. The Morgan fingerprint density at radius 1 is 0.767 bits per heavy atom. The van der Waals surface area contributed by atoms with Crippen molar-refractivity contribution in [1.82, 2.24) is 0 Å². The smallest absolute Gasteiger partial charge is 0.150 e. The van der Waals surface area contributed by atoms with Gasteiger partial charge in [-0.2, -0.15) is 0 Å². The van der Waals surface area contributed by atoms with Crippen molar-refractivity contribution in [1.29, 1.82) is 0 Å². The maximum absolute atomic E-state index is 11.9. The SMILES string of the molecule is CCCCSC1=C(SCCCC)SC(=C2SC(SC)=C(SC(C(C)=O)C(C)=O)S2)S1. The Labute approximate surface area is 215 Å². The lowest BCUT2D eigenvalue weighted by atomic mass is 10.2. The normalized spacial score (nSPS) is 17.1. The van der Waals surface area contributed by atoms with E-state index in [0.717, 1.165) is 4.24 Å². The Morgan fingerprint density at radius 2 is 1.20 bits per heavy atom. The van der Waals surface area contributed by atoms with Crippen molar-refractivity contribution in [3.8, 4) is 0 Å². The fourth-order valence-electron chi connectivity index (χ4n) is 2.26. The molecule has 0 aliphatic carbocycles. The molecular formula is C20H28O2S8. The van der Waals surface area contributed by atoms with E-state index in [1.807, 2.05) is 47.0 Å². The van der Waals surface area contributed by atoms with Gasteiger partial charge in [-0.15, -0.1) is 35.3 Å². The molecule has 0 atom stereocenters. The van der Waals surface area contributed by atoms with Crippen LogP contribution in [-0.2, 0) is 9.59 Å². The molecule has 168 valence electrons. The number of carbonyl (C=O) groups is 2. The number of carbonyl (C=O) groups excluding carboxylic acids is 2. The van der Waals surface area contributed by atoms with E-state index in [-0.39, 0.29) is 11.6 Å². The largest absolute Gasteiger partial charge is 0.298 e. The van der Waals surface area contributed by atoms with Crippen LogP contribution in [0.25, 0.3) is 0 Å². The van der Waals surface area contributed by atoms with E-state index in [1.165, 1.54) is 84.0 Å². The minimum Gasteiger partial charge on any atom is -0.298 e. The zero-order valence-electron chi connectivity index (χ0n) is 17.9. The maximum atomic E-state index is 11.9. The van der Waals surface area contributed by atoms with Gasteiger partial charge < -0.3 is 0 Å². The Hall–Kier alpha value is 1.36. The number of unbranched alkanes of at least 4 members (excludes halogenated alkanes) is 2. The van der Waals surface area contributed by atoms with Gasteiger partial charge in [0.15, 0.2) is 11.6 Å². The van der Waals surface area contributed by atoms with Crippen molar-refractivity contribution in [2.24, 2.45) is 0 Å². The molecule has 2 heterocycles. The molecule has 0 saturated heterocycles. The van der Waals surface area contributed by atoms with Gasteiger partial charge in [-0.3, -0.25) is 9.59 Å². The van der Waals surface area contributed by atoms with E-state index in [1.54, 1.807) is 35.3 Å². The first kappa shape index (κ1) is 27.6. The predicted octanol–water partition coefficient (Wildman–Crippen LogP) is 9.04. The number of hydrogen-bond acceptors (Lipinski definition) is 10. The molecule has 0 aromatic heterocycles. The molecule has 0 bridgehead atoms. The summed E-state index contributed by atoms with van der Waals surface area (Å²) in [5, 5.41) is -0.595. The summed E-state index contributed by atoms with van der Waals surface area (Å²) in [7, 11) is 0. The van der Waals surface area contributed by atoms with Crippen molar-refractivity contribution in [3.63, 3.8) is 0 Å². The number of Topliss-reactive ketones (excluding diaryl/α,β-unsaturated/α-hetero) is 2. The van der Waals surface area contributed by atoms with Crippen LogP contribution in [0.1, 0.15) is 53.4 Å².